The van der Waals surface area contributed by atoms with E-state index < -0.39 is 17.9 Å². The molecular weight excluding hydrogens is 551 g/mol. The van der Waals surface area contributed by atoms with Gasteiger partial charge in [0.2, 0.25) is 5.82 Å². The average Bonchev–Trinajstić information content (AvgIpc) is 3.00. The van der Waals surface area contributed by atoms with Crippen molar-refractivity contribution >= 4 is 11.7 Å². The van der Waals surface area contributed by atoms with Gasteiger partial charge in [0, 0.05) is 57.4 Å². The van der Waals surface area contributed by atoms with Crippen LogP contribution in [0.1, 0.15) is 68.2 Å². The van der Waals surface area contributed by atoms with E-state index in [0.29, 0.717) is 51.6 Å². The summed E-state index contributed by atoms with van der Waals surface area (Å²) < 4.78 is 58.5. The highest BCUT2D eigenvalue weighted by molar-refractivity contribution is 5.93. The predicted octanol–water partition coefficient (Wildman–Crippen LogP) is 4.37. The maximum Gasteiger partial charge on any atom is 0.451 e. The molecule has 0 spiro atoms. The Morgan fingerprint density at radius 3 is 2.69 bits per heavy atom. The summed E-state index contributed by atoms with van der Waals surface area (Å²) >= 11 is 0. The van der Waals surface area contributed by atoms with Gasteiger partial charge in [0.1, 0.15) is 11.5 Å². The molecule has 0 radical (unpaired) electrons. The van der Waals surface area contributed by atoms with Gasteiger partial charge in [-0.2, -0.15) is 13.2 Å². The molecule has 9 nitrogen and oxygen atoms in total. The van der Waals surface area contributed by atoms with E-state index in [9.17, 15) is 18.0 Å². The van der Waals surface area contributed by atoms with Crippen LogP contribution in [-0.4, -0.2) is 91.1 Å². The molecule has 1 unspecified atom stereocenters. The van der Waals surface area contributed by atoms with Crippen LogP contribution < -0.4 is 10.6 Å². The first-order chi connectivity index (χ1) is 20.2. The van der Waals surface area contributed by atoms with Gasteiger partial charge < -0.3 is 29.7 Å². The van der Waals surface area contributed by atoms with Gasteiger partial charge in [-0.05, 0) is 51.9 Å². The molecule has 232 valence electrons. The van der Waals surface area contributed by atoms with Crippen molar-refractivity contribution in [1.82, 2.24) is 20.2 Å². The number of nitrogens with one attached hydrogen (secondary N) is 2. The maximum atomic E-state index is 13.7. The Hall–Kier alpha value is -2.54. The molecule has 1 aromatic heterocycles. The molecule has 5 rings (SSSR count). The highest BCUT2D eigenvalue weighted by Gasteiger charge is 2.37. The van der Waals surface area contributed by atoms with Gasteiger partial charge in [-0.15, -0.1) is 0 Å². The van der Waals surface area contributed by atoms with Crippen molar-refractivity contribution in [2.24, 2.45) is 5.92 Å². The molecule has 1 aromatic rings. The number of anilines is 1. The first kappa shape index (κ1) is 30.9. The number of amides is 1. The Labute approximate surface area is 245 Å². The van der Waals surface area contributed by atoms with Crippen molar-refractivity contribution in [3.05, 3.63) is 41.4 Å². The fourth-order valence-corrected chi connectivity index (χ4v) is 6.26. The zero-order valence-corrected chi connectivity index (χ0v) is 24.4. The minimum Gasteiger partial charge on any atom is -0.379 e. The van der Waals surface area contributed by atoms with E-state index in [4.69, 9.17) is 14.2 Å². The van der Waals surface area contributed by atoms with E-state index in [2.05, 4.69) is 45.8 Å². The number of hydrogen-bond donors (Lipinski definition) is 2. The summed E-state index contributed by atoms with van der Waals surface area (Å²) in [6.45, 7) is 4.43. The van der Waals surface area contributed by atoms with Crippen molar-refractivity contribution in [2.75, 3.05) is 45.3 Å². The van der Waals surface area contributed by atoms with Crippen molar-refractivity contribution in [1.29, 1.82) is 0 Å². The molecule has 3 saturated heterocycles. The zero-order valence-electron chi connectivity index (χ0n) is 24.4. The van der Waals surface area contributed by atoms with Crippen LogP contribution in [0, 0.1) is 5.92 Å². The average molecular weight is 594 g/mol. The van der Waals surface area contributed by atoms with Crippen LogP contribution in [-0.2, 0) is 20.4 Å². The lowest BCUT2D eigenvalue weighted by molar-refractivity contribution is -0.144. The van der Waals surface area contributed by atoms with Gasteiger partial charge >= 0.3 is 6.18 Å². The van der Waals surface area contributed by atoms with Crippen LogP contribution in [0.3, 0.4) is 0 Å². The van der Waals surface area contributed by atoms with Crippen molar-refractivity contribution in [2.45, 2.75) is 88.4 Å². The molecule has 3 aliphatic heterocycles. The molecule has 5 atom stereocenters. The molecule has 42 heavy (non-hydrogen) atoms. The molecule has 12 heteroatoms. The first-order valence-corrected chi connectivity index (χ1v) is 15.1. The number of ether oxygens (including phenoxy) is 3. The van der Waals surface area contributed by atoms with Gasteiger partial charge in [-0.1, -0.05) is 23.8 Å². The molecule has 1 amide bonds. The molecule has 0 bridgehead atoms. The van der Waals surface area contributed by atoms with Crippen LogP contribution in [0.25, 0.3) is 0 Å². The lowest BCUT2D eigenvalue weighted by Crippen LogP contribution is -2.54. The summed E-state index contributed by atoms with van der Waals surface area (Å²) in [4.78, 5) is 22.2. The molecule has 2 N–H and O–H groups in total. The summed E-state index contributed by atoms with van der Waals surface area (Å²) in [7, 11) is 1.67. The van der Waals surface area contributed by atoms with Gasteiger partial charge in [0.15, 0.2) is 0 Å². The normalized spacial score (nSPS) is 29.3. The third kappa shape index (κ3) is 7.89. The number of carbonyl (C=O) groups excluding carboxylic acids is 1. The quantitative estimate of drug-likeness (QED) is 0.459. The molecule has 1 aliphatic carbocycles. The number of aromatic nitrogens is 2. The van der Waals surface area contributed by atoms with Crippen molar-refractivity contribution in [3.63, 3.8) is 0 Å². The topological polar surface area (TPSA) is 97.8 Å². The second kappa shape index (κ2) is 13.8. The zero-order chi connectivity index (χ0) is 29.7. The fourth-order valence-electron chi connectivity index (χ4n) is 6.26. The maximum absolute atomic E-state index is 13.7. The predicted molar refractivity (Wildman–Crippen MR) is 151 cm³/mol. The number of alkyl halides is 3. The minimum absolute atomic E-state index is 0.0239. The highest BCUT2D eigenvalue weighted by atomic mass is 19.4. The third-order valence-corrected chi connectivity index (χ3v) is 8.73. The Kier molecular flexibility index (Phi) is 10.2. The van der Waals surface area contributed by atoms with Crippen LogP contribution in [0.2, 0.25) is 0 Å². The van der Waals surface area contributed by atoms with E-state index in [0.717, 1.165) is 32.1 Å². The van der Waals surface area contributed by atoms with E-state index in [1.807, 2.05) is 0 Å². The standard InChI is InChI=1S/C30H42F3N5O4/c1-19-6-8-20(9-7-19)25-5-3-4-22(42-25)17-34-27-16-24(36-29(37-27)30(31,32)33)28(39)38-13-10-21(11-14-38)35-23-12-15-41-18-26(23)40-2/h6-8,16,20-23,25-26,35H,3-5,9-15,17-18H2,1-2H3,(H,34,36,37)/t20?,22-,23-,25+,26+/m1/s1. The lowest BCUT2D eigenvalue weighted by Gasteiger charge is -2.38. The summed E-state index contributed by atoms with van der Waals surface area (Å²) in [5, 5.41) is 6.63. The molecule has 3 fully saturated rings. The number of nitrogens with zero attached hydrogens (tertiary/aromatic N) is 3. The Morgan fingerprint density at radius 1 is 1.17 bits per heavy atom. The van der Waals surface area contributed by atoms with Crippen LogP contribution in [0.5, 0.6) is 0 Å². The number of likely N-dealkylation sites (tertiary alicyclic amines) is 1. The molecule has 4 aliphatic rings. The summed E-state index contributed by atoms with van der Waals surface area (Å²) in [5.74, 6) is -1.57. The van der Waals surface area contributed by atoms with Crippen molar-refractivity contribution in [3.8, 4) is 0 Å². The Balaban J connectivity index is 1.19. The van der Waals surface area contributed by atoms with E-state index in [1.54, 1.807) is 12.0 Å². The van der Waals surface area contributed by atoms with Crippen LogP contribution >= 0.6 is 0 Å². The van der Waals surface area contributed by atoms with E-state index in [-0.39, 0.29) is 41.9 Å². The van der Waals surface area contributed by atoms with Gasteiger partial charge in [0.05, 0.1) is 24.9 Å². The highest BCUT2D eigenvalue weighted by Crippen LogP contribution is 2.31. The molecule has 0 aromatic carbocycles. The second-order valence-corrected chi connectivity index (χ2v) is 11.8. The number of piperidine rings is 1. The lowest BCUT2D eigenvalue weighted by atomic mass is 9.87. The number of methoxy groups -OCH3 is 1. The number of carbonyl (C=O) groups is 1. The largest absolute Gasteiger partial charge is 0.451 e. The number of hydrogen-bond acceptors (Lipinski definition) is 8. The van der Waals surface area contributed by atoms with E-state index >= 15 is 0 Å². The number of allylic oxidation sites excluding steroid dienone is 3. The second-order valence-electron chi connectivity index (χ2n) is 11.8. The van der Waals surface area contributed by atoms with Gasteiger partial charge in [-0.25, -0.2) is 9.97 Å². The third-order valence-electron chi connectivity index (χ3n) is 8.73. The minimum atomic E-state index is -4.78. The molecular formula is C30H42F3N5O4. The monoisotopic (exact) mass is 593 g/mol. The van der Waals surface area contributed by atoms with Gasteiger partial charge in [0.25, 0.3) is 5.91 Å². The number of halogens is 3. The summed E-state index contributed by atoms with van der Waals surface area (Å²) in [6, 6.07) is 1.68. The van der Waals surface area contributed by atoms with Crippen LogP contribution in [0.4, 0.5) is 19.0 Å². The van der Waals surface area contributed by atoms with Gasteiger partial charge in [-0.3, -0.25) is 4.79 Å². The Morgan fingerprint density at radius 2 is 1.98 bits per heavy atom. The van der Waals surface area contributed by atoms with Crippen LogP contribution in [0.15, 0.2) is 29.9 Å². The van der Waals surface area contributed by atoms with E-state index in [1.165, 1.54) is 11.6 Å². The number of rotatable bonds is 8. The smallest absolute Gasteiger partial charge is 0.379 e. The van der Waals surface area contributed by atoms with Crippen molar-refractivity contribution < 1.29 is 32.2 Å². The SMILES string of the molecule is CO[C@H]1COCC[C@H]1NC1CCN(C(=O)c2cc(NC[C@H]3CCC[C@@H](C4C=CC(C)=CC4)O3)nc(C(F)(F)F)n2)CC1. The fraction of sp³-hybridized carbons (Fsp3) is 0.700. The summed E-state index contributed by atoms with van der Waals surface area (Å²) in [6.07, 6.45) is 7.50. The summed E-state index contributed by atoms with van der Waals surface area (Å²) in [5.41, 5.74) is 0.984. The molecule has 4 heterocycles. The Bertz CT molecular complexity index is 1140. The first-order valence-electron chi connectivity index (χ1n) is 15.1. The molecule has 0 saturated carbocycles.